The molecule has 0 radical (unpaired) electrons. The number of fused-ring (bicyclic) bond motifs is 6. The molecule has 3 unspecified atom stereocenters. The number of unbranched alkanes of at least 4 members (excludes halogenated alkanes) is 4. The van der Waals surface area contributed by atoms with Crippen LogP contribution in [-0.4, -0.2) is 130 Å². The van der Waals surface area contributed by atoms with Gasteiger partial charge in [0.25, 0.3) is 11.8 Å². The molecule has 5 atom stereocenters. The van der Waals surface area contributed by atoms with E-state index in [0.717, 1.165) is 68.3 Å². The topological polar surface area (TPSA) is 200 Å². The van der Waals surface area contributed by atoms with Gasteiger partial charge in [-0.25, -0.2) is 13.6 Å². The van der Waals surface area contributed by atoms with Gasteiger partial charge in [-0.3, -0.25) is 39.3 Å². The van der Waals surface area contributed by atoms with Crippen LogP contribution in [0.15, 0.2) is 66.9 Å². The average molecular weight is 1020 g/mol. The second-order valence-corrected chi connectivity index (χ2v) is 20.7. The van der Waals surface area contributed by atoms with Gasteiger partial charge in [-0.2, -0.15) is 9.97 Å². The molecule has 4 N–H and O–H groups in total. The Balaban J connectivity index is 0.667. The number of nitrogens with zero attached hydrogens (tertiary/aromatic N) is 6. The summed E-state index contributed by atoms with van der Waals surface area (Å²) in [5.74, 6) is -0.408. The fourth-order valence-electron chi connectivity index (χ4n) is 12.1. The maximum absolute atomic E-state index is 17.2. The highest BCUT2D eigenvalue weighted by molar-refractivity contribution is 6.23. The molecule has 0 aliphatic carbocycles. The summed E-state index contributed by atoms with van der Waals surface area (Å²) in [6.07, 6.45) is 15.8. The third kappa shape index (κ3) is 9.61. The van der Waals surface area contributed by atoms with Crippen LogP contribution in [0.2, 0.25) is 0 Å². The lowest BCUT2D eigenvalue weighted by Crippen LogP contribution is -2.54. The van der Waals surface area contributed by atoms with Crippen molar-refractivity contribution in [3.63, 3.8) is 0 Å². The van der Waals surface area contributed by atoms with E-state index < -0.39 is 52.9 Å². The molecule has 5 amide bonds. The van der Waals surface area contributed by atoms with Gasteiger partial charge >= 0.3 is 12.1 Å². The van der Waals surface area contributed by atoms with Crippen molar-refractivity contribution in [3.8, 4) is 29.6 Å². The summed E-state index contributed by atoms with van der Waals surface area (Å²) in [6, 6.07) is 12.6. The number of alkyl carbamates (subject to hydrolysis) is 1. The number of rotatable bonds is 17. The van der Waals surface area contributed by atoms with Crippen LogP contribution in [0.5, 0.6) is 6.01 Å². The number of carbonyl (C=O) groups is 5. The zero-order valence-electron chi connectivity index (χ0n) is 41.5. The Labute approximate surface area is 432 Å². The maximum Gasteiger partial charge on any atom is 0.407 e. The summed E-state index contributed by atoms with van der Waals surface area (Å²) < 4.78 is 44.5. The van der Waals surface area contributed by atoms with Gasteiger partial charge < -0.3 is 30.3 Å². The lowest BCUT2D eigenvalue weighted by Gasteiger charge is -2.35. The minimum Gasteiger partial charge on any atom is -0.461 e. The van der Waals surface area contributed by atoms with Crippen molar-refractivity contribution in [1.29, 1.82) is 0 Å². The highest BCUT2D eigenvalue weighted by Gasteiger charge is 2.52. The molecule has 6 aliphatic rings. The number of carbonyl (C=O) groups excluding carboxylic acids is 5. The van der Waals surface area contributed by atoms with Gasteiger partial charge in [-0.15, -0.1) is 6.42 Å². The second-order valence-electron chi connectivity index (χ2n) is 20.7. The molecule has 17 nitrogen and oxygen atoms in total. The fraction of sp³-hybridized carbons (Fsp3) is 0.429. The SMILES string of the molecule is C#Cc1c(F)ccc2cccc(-c3ncc4c(N5CC6CCC(C5)N6)nc(OC[C@@]56CC[C@@H](COC(=O)NCCCCCCCNc7ccc8c(c7)C(=O)N(C7CCC(=O)NC7=O)C8=O)N5CC(=C)C6)nc4c3F)c12. The van der Waals surface area contributed by atoms with Crippen LogP contribution in [0, 0.1) is 24.0 Å². The van der Waals surface area contributed by atoms with Crippen LogP contribution in [0.1, 0.15) is 103 Å². The summed E-state index contributed by atoms with van der Waals surface area (Å²) in [5.41, 5.74) is 2.18. The molecule has 0 saturated carbocycles. The monoisotopic (exact) mass is 1020 g/mol. The number of terminal acetylenes is 1. The Morgan fingerprint density at radius 3 is 2.51 bits per heavy atom. The van der Waals surface area contributed by atoms with Crippen LogP contribution >= 0.6 is 0 Å². The third-order valence-electron chi connectivity index (χ3n) is 15.8. The van der Waals surface area contributed by atoms with Crippen molar-refractivity contribution in [3.05, 3.63) is 95.2 Å². The van der Waals surface area contributed by atoms with Crippen LogP contribution in [0.25, 0.3) is 32.9 Å². The second kappa shape index (κ2) is 20.6. The highest BCUT2D eigenvalue weighted by atomic mass is 19.1. The lowest BCUT2D eigenvalue weighted by atomic mass is 9.94. The molecule has 0 spiro atoms. The number of imide groups is 2. The molecule has 11 rings (SSSR count). The number of amides is 5. The number of ether oxygens (including phenoxy) is 2. The van der Waals surface area contributed by atoms with Gasteiger partial charge in [0.05, 0.1) is 27.6 Å². The molecule has 388 valence electrons. The summed E-state index contributed by atoms with van der Waals surface area (Å²) in [6.45, 7) is 7.85. The van der Waals surface area contributed by atoms with Gasteiger partial charge in [-0.1, -0.05) is 61.6 Å². The predicted octanol–water partition coefficient (Wildman–Crippen LogP) is 6.78. The first-order valence-corrected chi connectivity index (χ1v) is 26.0. The van der Waals surface area contributed by atoms with Crippen molar-refractivity contribution in [1.82, 2.24) is 40.7 Å². The van der Waals surface area contributed by atoms with Gasteiger partial charge in [0.1, 0.15) is 42.1 Å². The number of halogens is 2. The van der Waals surface area contributed by atoms with E-state index in [0.29, 0.717) is 72.4 Å². The first-order valence-electron chi connectivity index (χ1n) is 26.0. The number of pyridine rings is 1. The number of piperidine rings is 1. The van der Waals surface area contributed by atoms with Crippen molar-refractivity contribution in [2.24, 2.45) is 0 Å². The van der Waals surface area contributed by atoms with Crippen LogP contribution in [-0.2, 0) is 14.3 Å². The molecule has 5 saturated heterocycles. The standard InChI is InChI=1S/C56H58F2N10O7/c1-3-38-43(57)17-12-33-10-9-11-40(46(33)38)48-47(58)49-42(26-61-48)50(66-28-35-13-14-36(29-66)62-35)65-54(64-49)75-31-56-21-20-37(67(56)27-32(2)25-56)30-74-55(73)60-23-8-6-4-5-7-22-59-34-15-16-39-41(24-34)53(72)68(52(39)71)44-18-19-45(69)63-51(44)70/h1,9-12,15-17,24,26,35-37,44,59,62H,2,4-8,13-14,18-23,25,27-31H2,(H,60,73)(H,63,69,70)/t35?,36?,37-,44?,56-/m0/s1. The largest absolute Gasteiger partial charge is 0.461 e. The zero-order chi connectivity index (χ0) is 52.0. The molecular formula is C56H58F2N10O7. The van der Waals surface area contributed by atoms with E-state index in [4.69, 9.17) is 25.9 Å². The van der Waals surface area contributed by atoms with E-state index in [1.807, 2.05) is 0 Å². The Hall–Kier alpha value is -7.56. The van der Waals surface area contributed by atoms with Crippen molar-refractivity contribution >= 4 is 62.9 Å². The van der Waals surface area contributed by atoms with E-state index in [1.54, 1.807) is 48.7 Å². The van der Waals surface area contributed by atoms with E-state index >= 15 is 8.78 Å². The lowest BCUT2D eigenvalue weighted by molar-refractivity contribution is -0.136. The van der Waals surface area contributed by atoms with Gasteiger partial charge in [0.2, 0.25) is 11.8 Å². The van der Waals surface area contributed by atoms with Gasteiger partial charge in [0.15, 0.2) is 5.82 Å². The number of nitrogens with one attached hydrogen (secondary N) is 4. The number of piperazine rings is 1. The number of aromatic nitrogens is 3. The Morgan fingerprint density at radius 2 is 1.71 bits per heavy atom. The van der Waals surface area contributed by atoms with E-state index in [2.05, 4.69) is 48.6 Å². The van der Waals surface area contributed by atoms with E-state index in [1.165, 1.54) is 6.07 Å². The molecule has 3 aromatic carbocycles. The number of hydrogen-bond donors (Lipinski definition) is 4. The molecule has 2 bridgehead atoms. The van der Waals surface area contributed by atoms with E-state index in [-0.39, 0.29) is 78.1 Å². The Bertz CT molecular complexity index is 3210. The molecular weight excluding hydrogens is 963 g/mol. The minimum absolute atomic E-state index is 0.00755. The van der Waals surface area contributed by atoms with Crippen LogP contribution in [0.3, 0.4) is 0 Å². The number of benzene rings is 3. The molecule has 2 aromatic heterocycles. The zero-order valence-corrected chi connectivity index (χ0v) is 41.5. The van der Waals surface area contributed by atoms with Gasteiger partial charge in [-0.05, 0) is 81.0 Å². The summed E-state index contributed by atoms with van der Waals surface area (Å²) >= 11 is 0. The van der Waals surface area contributed by atoms with Crippen LogP contribution in [0.4, 0.5) is 25.1 Å². The molecule has 5 aromatic rings. The molecule has 8 heterocycles. The summed E-state index contributed by atoms with van der Waals surface area (Å²) in [4.78, 5) is 82.8. The first kappa shape index (κ1) is 49.6. The Kier molecular flexibility index (Phi) is 13.7. The molecule has 5 fully saturated rings. The summed E-state index contributed by atoms with van der Waals surface area (Å²) in [5, 5.41) is 13.6. The number of hydrogen-bond acceptors (Lipinski definition) is 14. The van der Waals surface area contributed by atoms with Crippen molar-refractivity contribution in [2.75, 3.05) is 56.2 Å². The van der Waals surface area contributed by atoms with Crippen molar-refractivity contribution in [2.45, 2.75) is 107 Å². The normalized spacial score (nSPS) is 23.2. The predicted molar refractivity (Wildman–Crippen MR) is 276 cm³/mol. The highest BCUT2D eigenvalue weighted by Crippen LogP contribution is 2.45. The van der Waals surface area contributed by atoms with Crippen molar-refractivity contribution < 1.29 is 42.2 Å². The quantitative estimate of drug-likeness (QED) is 0.0329. The fourth-order valence-corrected chi connectivity index (χ4v) is 12.1. The average Bonchev–Trinajstić information content (AvgIpc) is 4.12. The smallest absolute Gasteiger partial charge is 0.407 e. The number of anilines is 2. The first-order chi connectivity index (χ1) is 36.4. The van der Waals surface area contributed by atoms with E-state index in [9.17, 15) is 24.0 Å². The molecule has 75 heavy (non-hydrogen) atoms. The third-order valence-corrected chi connectivity index (χ3v) is 15.8. The molecule has 6 aliphatic heterocycles. The Morgan fingerprint density at radius 1 is 0.920 bits per heavy atom. The van der Waals surface area contributed by atoms with Crippen LogP contribution < -0.4 is 30.9 Å². The van der Waals surface area contributed by atoms with Gasteiger partial charge in [0, 0.05) is 80.1 Å². The summed E-state index contributed by atoms with van der Waals surface area (Å²) in [7, 11) is 0. The molecule has 19 heteroatoms. The maximum atomic E-state index is 17.2. The minimum atomic E-state index is -1.01.